The van der Waals surface area contributed by atoms with Crippen LogP contribution in [0.15, 0.2) is 54.6 Å². The Morgan fingerprint density at radius 2 is 1.86 bits per heavy atom. The SMILES string of the molecule is Cc1cc(C(=O)Nc2ccc(F)c(Cl)c2)c2c(C)nn(-c3ccccc3)c2n1. The number of nitrogens with zero attached hydrogens (tertiary/aromatic N) is 3. The lowest BCUT2D eigenvalue weighted by Crippen LogP contribution is -2.13. The molecule has 0 radical (unpaired) electrons. The highest BCUT2D eigenvalue weighted by Crippen LogP contribution is 2.26. The molecule has 0 saturated heterocycles. The van der Waals surface area contributed by atoms with Crippen molar-refractivity contribution in [2.24, 2.45) is 0 Å². The second-order valence-electron chi connectivity index (χ2n) is 6.43. The summed E-state index contributed by atoms with van der Waals surface area (Å²) in [5.41, 5.74) is 3.69. The summed E-state index contributed by atoms with van der Waals surface area (Å²) in [6.07, 6.45) is 0. The van der Waals surface area contributed by atoms with E-state index in [1.807, 2.05) is 44.2 Å². The quantitative estimate of drug-likeness (QED) is 0.527. The van der Waals surface area contributed by atoms with E-state index in [0.717, 1.165) is 5.69 Å². The van der Waals surface area contributed by atoms with E-state index in [9.17, 15) is 9.18 Å². The first-order chi connectivity index (χ1) is 13.4. The van der Waals surface area contributed by atoms with Crippen LogP contribution in [-0.4, -0.2) is 20.7 Å². The molecular formula is C21H16ClFN4O. The van der Waals surface area contributed by atoms with Crippen molar-refractivity contribution in [1.82, 2.24) is 14.8 Å². The second kappa shape index (κ2) is 7.05. The predicted molar refractivity (Wildman–Crippen MR) is 108 cm³/mol. The highest BCUT2D eigenvalue weighted by molar-refractivity contribution is 6.31. The van der Waals surface area contributed by atoms with Crippen LogP contribution >= 0.6 is 11.6 Å². The van der Waals surface area contributed by atoms with Crippen LogP contribution in [0.3, 0.4) is 0 Å². The topological polar surface area (TPSA) is 59.8 Å². The van der Waals surface area contributed by atoms with Crippen LogP contribution in [0, 0.1) is 19.7 Å². The second-order valence-corrected chi connectivity index (χ2v) is 6.83. The van der Waals surface area contributed by atoms with Crippen LogP contribution in [0.1, 0.15) is 21.7 Å². The molecule has 0 bridgehead atoms. The summed E-state index contributed by atoms with van der Waals surface area (Å²) >= 11 is 5.81. The number of pyridine rings is 1. The maximum absolute atomic E-state index is 13.4. The molecule has 4 aromatic rings. The molecule has 0 saturated carbocycles. The van der Waals surface area contributed by atoms with E-state index in [1.165, 1.54) is 18.2 Å². The average Bonchev–Trinajstić information content (AvgIpc) is 3.01. The average molecular weight is 395 g/mol. The monoisotopic (exact) mass is 394 g/mol. The number of hydrogen-bond donors (Lipinski definition) is 1. The Morgan fingerprint density at radius 3 is 2.57 bits per heavy atom. The number of rotatable bonds is 3. The molecule has 0 fully saturated rings. The van der Waals surface area contributed by atoms with Crippen molar-refractivity contribution < 1.29 is 9.18 Å². The fourth-order valence-electron chi connectivity index (χ4n) is 3.11. The molecule has 1 N–H and O–H groups in total. The zero-order valence-corrected chi connectivity index (χ0v) is 16.0. The smallest absolute Gasteiger partial charge is 0.256 e. The van der Waals surface area contributed by atoms with Crippen LogP contribution in [0.5, 0.6) is 0 Å². The van der Waals surface area contributed by atoms with E-state index in [4.69, 9.17) is 11.6 Å². The number of amides is 1. The van der Waals surface area contributed by atoms with Crippen molar-refractivity contribution in [3.63, 3.8) is 0 Å². The van der Waals surface area contributed by atoms with Crippen LogP contribution in [0.2, 0.25) is 5.02 Å². The molecule has 7 heteroatoms. The number of fused-ring (bicyclic) bond motifs is 1. The first-order valence-corrected chi connectivity index (χ1v) is 9.00. The zero-order valence-electron chi connectivity index (χ0n) is 15.2. The van der Waals surface area contributed by atoms with Crippen molar-refractivity contribution in [2.75, 3.05) is 5.32 Å². The fourth-order valence-corrected chi connectivity index (χ4v) is 3.30. The van der Waals surface area contributed by atoms with Gasteiger partial charge in [0.05, 0.1) is 27.4 Å². The van der Waals surface area contributed by atoms with Gasteiger partial charge in [-0.1, -0.05) is 29.8 Å². The molecule has 1 amide bonds. The number of carbonyl (C=O) groups is 1. The summed E-state index contributed by atoms with van der Waals surface area (Å²) in [5.74, 6) is -0.879. The maximum atomic E-state index is 13.4. The molecule has 2 aromatic heterocycles. The summed E-state index contributed by atoms with van der Waals surface area (Å²) in [4.78, 5) is 17.6. The van der Waals surface area contributed by atoms with Crippen molar-refractivity contribution in [3.05, 3.63) is 82.4 Å². The lowest BCUT2D eigenvalue weighted by Gasteiger charge is -2.09. The van der Waals surface area contributed by atoms with Crippen molar-refractivity contribution in [1.29, 1.82) is 0 Å². The summed E-state index contributed by atoms with van der Waals surface area (Å²) < 4.78 is 15.1. The molecule has 2 aromatic carbocycles. The van der Waals surface area contributed by atoms with Gasteiger partial charge in [0.1, 0.15) is 5.82 Å². The van der Waals surface area contributed by atoms with Crippen LogP contribution in [0.4, 0.5) is 10.1 Å². The van der Waals surface area contributed by atoms with Gasteiger partial charge in [0.2, 0.25) is 0 Å². The van der Waals surface area contributed by atoms with Crippen LogP contribution in [0.25, 0.3) is 16.7 Å². The molecule has 0 aliphatic heterocycles. The van der Waals surface area contributed by atoms with Gasteiger partial charge in [-0.25, -0.2) is 14.1 Å². The number of para-hydroxylation sites is 1. The van der Waals surface area contributed by atoms with Crippen LogP contribution < -0.4 is 5.32 Å². The molecule has 28 heavy (non-hydrogen) atoms. The Kier molecular flexibility index (Phi) is 4.57. The van der Waals surface area contributed by atoms with Crippen molar-refractivity contribution in [3.8, 4) is 5.69 Å². The van der Waals surface area contributed by atoms with E-state index in [1.54, 1.807) is 10.7 Å². The van der Waals surface area contributed by atoms with E-state index >= 15 is 0 Å². The van der Waals surface area contributed by atoms with Gasteiger partial charge in [0.25, 0.3) is 5.91 Å². The number of aromatic nitrogens is 3. The molecule has 0 spiro atoms. The highest BCUT2D eigenvalue weighted by Gasteiger charge is 2.20. The Hall–Kier alpha value is -3.25. The predicted octanol–water partition coefficient (Wildman–Crippen LogP) is 5.08. The Bertz CT molecular complexity index is 1200. The lowest BCUT2D eigenvalue weighted by molar-refractivity contribution is 0.102. The number of aryl methyl sites for hydroxylation is 2. The van der Waals surface area contributed by atoms with Gasteiger partial charge < -0.3 is 5.32 Å². The van der Waals surface area contributed by atoms with Gasteiger partial charge in [-0.3, -0.25) is 4.79 Å². The van der Waals surface area contributed by atoms with Gasteiger partial charge in [0.15, 0.2) is 5.65 Å². The maximum Gasteiger partial charge on any atom is 0.256 e. The third kappa shape index (κ3) is 3.23. The minimum Gasteiger partial charge on any atom is -0.322 e. The van der Waals surface area contributed by atoms with Crippen molar-refractivity contribution >= 4 is 34.2 Å². The first kappa shape index (κ1) is 18.1. The van der Waals surface area contributed by atoms with Crippen LogP contribution in [-0.2, 0) is 0 Å². The Morgan fingerprint density at radius 1 is 1.11 bits per heavy atom. The summed E-state index contributed by atoms with van der Waals surface area (Å²) in [6, 6.07) is 15.4. The third-order valence-corrected chi connectivity index (χ3v) is 4.65. The van der Waals surface area contributed by atoms with E-state index in [-0.39, 0.29) is 10.9 Å². The third-order valence-electron chi connectivity index (χ3n) is 4.36. The Labute approximate surface area is 165 Å². The van der Waals surface area contributed by atoms with E-state index in [2.05, 4.69) is 15.4 Å². The largest absolute Gasteiger partial charge is 0.322 e. The van der Waals surface area contributed by atoms with Gasteiger partial charge in [-0.05, 0) is 50.2 Å². The lowest BCUT2D eigenvalue weighted by atomic mass is 10.1. The molecular weight excluding hydrogens is 379 g/mol. The molecule has 0 atom stereocenters. The molecule has 0 unspecified atom stereocenters. The number of nitrogens with one attached hydrogen (secondary N) is 1. The summed E-state index contributed by atoms with van der Waals surface area (Å²) in [6.45, 7) is 3.66. The Balaban J connectivity index is 1.82. The zero-order chi connectivity index (χ0) is 19.8. The van der Waals surface area contributed by atoms with E-state index < -0.39 is 5.82 Å². The summed E-state index contributed by atoms with van der Waals surface area (Å²) in [7, 11) is 0. The number of halogens is 2. The minimum atomic E-state index is -0.540. The molecule has 5 nitrogen and oxygen atoms in total. The molecule has 2 heterocycles. The molecule has 140 valence electrons. The standard InChI is InChI=1S/C21H16ClFN4O/c1-12-10-16(21(28)25-14-8-9-18(23)17(22)11-14)19-13(2)26-27(20(19)24-12)15-6-4-3-5-7-15/h3-11H,1-2H3,(H,25,28). The normalized spacial score (nSPS) is 11.0. The molecule has 4 rings (SSSR count). The number of hydrogen-bond acceptors (Lipinski definition) is 3. The number of carbonyl (C=O) groups excluding carboxylic acids is 1. The van der Waals surface area contributed by atoms with Gasteiger partial charge in [0, 0.05) is 11.4 Å². The summed E-state index contributed by atoms with van der Waals surface area (Å²) in [5, 5.41) is 7.96. The number of anilines is 1. The fraction of sp³-hybridized carbons (Fsp3) is 0.0952. The highest BCUT2D eigenvalue weighted by atomic mass is 35.5. The van der Waals surface area contributed by atoms with Gasteiger partial charge >= 0.3 is 0 Å². The molecule has 0 aliphatic rings. The molecule has 0 aliphatic carbocycles. The number of benzene rings is 2. The first-order valence-electron chi connectivity index (χ1n) is 8.63. The van der Waals surface area contributed by atoms with Gasteiger partial charge in [-0.2, -0.15) is 5.10 Å². The van der Waals surface area contributed by atoms with Gasteiger partial charge in [-0.15, -0.1) is 0 Å². The van der Waals surface area contributed by atoms with E-state index in [0.29, 0.717) is 33.7 Å². The van der Waals surface area contributed by atoms with Crippen molar-refractivity contribution in [2.45, 2.75) is 13.8 Å². The minimum absolute atomic E-state index is 0.0538.